The van der Waals surface area contributed by atoms with Crippen molar-refractivity contribution in [2.75, 3.05) is 0 Å². The molecule has 0 fully saturated rings. The van der Waals surface area contributed by atoms with E-state index < -0.39 is 0 Å². The maximum atomic E-state index is 4.85. The molecular formula is C37H33N3. The molecule has 40 heavy (non-hydrogen) atoms. The van der Waals surface area contributed by atoms with Crippen molar-refractivity contribution in [1.82, 2.24) is 14.8 Å². The van der Waals surface area contributed by atoms with Crippen LogP contribution in [0.3, 0.4) is 0 Å². The summed E-state index contributed by atoms with van der Waals surface area (Å²) < 4.78 is 2.30. The van der Waals surface area contributed by atoms with Crippen LogP contribution in [-0.2, 0) is 0 Å². The molecule has 0 N–H and O–H groups in total. The van der Waals surface area contributed by atoms with E-state index >= 15 is 0 Å². The summed E-state index contributed by atoms with van der Waals surface area (Å²) in [5, 5.41) is 9.69. The molecule has 1 heterocycles. The number of hydrogen-bond acceptors (Lipinski definition) is 2. The summed E-state index contributed by atoms with van der Waals surface area (Å²) in [5.74, 6) is 2.01. The summed E-state index contributed by atoms with van der Waals surface area (Å²) in [6, 6.07) is 44.9. The van der Waals surface area contributed by atoms with Gasteiger partial charge in [-0.3, -0.25) is 4.57 Å². The van der Waals surface area contributed by atoms with Gasteiger partial charge in [-0.1, -0.05) is 129 Å². The molecule has 196 valence electrons. The van der Waals surface area contributed by atoms with Gasteiger partial charge in [0.2, 0.25) is 0 Å². The van der Waals surface area contributed by atoms with E-state index in [1.807, 2.05) is 6.07 Å². The number of benzene rings is 5. The standard InChI is InChI=1S/C37H33N3/c1-4-26(2)33-24-31(28-17-8-5-9-18-28)25-34(29-19-10-6-11-20-29)35(33)40-36(30-21-12-7-13-22-30)38-39-37(40)32-23-15-14-16-27(32)3/h5-26H,4H2,1-3H3. The Morgan fingerprint density at radius 3 is 1.75 bits per heavy atom. The summed E-state index contributed by atoms with van der Waals surface area (Å²) >= 11 is 0. The van der Waals surface area contributed by atoms with E-state index in [2.05, 4.69) is 147 Å². The van der Waals surface area contributed by atoms with Gasteiger partial charge in [0.05, 0.1) is 5.69 Å². The Balaban J connectivity index is 1.76. The fourth-order valence-electron chi connectivity index (χ4n) is 5.41. The molecule has 0 bridgehead atoms. The van der Waals surface area contributed by atoms with Crippen LogP contribution in [0.25, 0.3) is 50.7 Å². The third-order valence-corrected chi connectivity index (χ3v) is 7.78. The van der Waals surface area contributed by atoms with E-state index in [9.17, 15) is 0 Å². The van der Waals surface area contributed by atoms with Crippen LogP contribution in [0.15, 0.2) is 127 Å². The van der Waals surface area contributed by atoms with Crippen LogP contribution in [0.4, 0.5) is 0 Å². The molecule has 0 amide bonds. The fourth-order valence-corrected chi connectivity index (χ4v) is 5.41. The van der Waals surface area contributed by atoms with Gasteiger partial charge in [-0.05, 0) is 59.2 Å². The highest BCUT2D eigenvalue weighted by atomic mass is 15.3. The third kappa shape index (κ3) is 4.76. The van der Waals surface area contributed by atoms with Gasteiger partial charge in [0.1, 0.15) is 0 Å². The van der Waals surface area contributed by atoms with Crippen LogP contribution in [0.1, 0.15) is 37.3 Å². The fraction of sp³-hybridized carbons (Fsp3) is 0.135. The second kappa shape index (κ2) is 11.2. The van der Waals surface area contributed by atoms with Gasteiger partial charge in [-0.25, -0.2) is 0 Å². The predicted octanol–water partition coefficient (Wildman–Crippen LogP) is 9.76. The number of aromatic nitrogens is 3. The van der Waals surface area contributed by atoms with E-state index in [0.29, 0.717) is 5.92 Å². The zero-order valence-corrected chi connectivity index (χ0v) is 23.3. The molecule has 0 saturated carbocycles. The molecule has 0 radical (unpaired) electrons. The summed E-state index contributed by atoms with van der Waals surface area (Å²) in [4.78, 5) is 0. The van der Waals surface area contributed by atoms with Crippen LogP contribution < -0.4 is 0 Å². The molecule has 0 aliphatic heterocycles. The first-order chi connectivity index (χ1) is 19.7. The van der Waals surface area contributed by atoms with Gasteiger partial charge in [0, 0.05) is 16.7 Å². The van der Waals surface area contributed by atoms with Gasteiger partial charge >= 0.3 is 0 Å². The van der Waals surface area contributed by atoms with E-state index in [1.54, 1.807) is 0 Å². The summed E-state index contributed by atoms with van der Waals surface area (Å²) in [7, 11) is 0. The van der Waals surface area contributed by atoms with Crippen LogP contribution >= 0.6 is 0 Å². The molecule has 0 saturated heterocycles. The van der Waals surface area contributed by atoms with Gasteiger partial charge in [0.25, 0.3) is 0 Å². The van der Waals surface area contributed by atoms with Crippen molar-refractivity contribution in [1.29, 1.82) is 0 Å². The first kappa shape index (κ1) is 25.5. The van der Waals surface area contributed by atoms with Crippen molar-refractivity contribution >= 4 is 0 Å². The van der Waals surface area contributed by atoms with Crippen LogP contribution in [0.2, 0.25) is 0 Å². The summed E-state index contributed by atoms with van der Waals surface area (Å²) in [6.45, 7) is 6.73. The maximum absolute atomic E-state index is 4.85. The smallest absolute Gasteiger partial charge is 0.169 e. The molecule has 3 nitrogen and oxygen atoms in total. The Kier molecular flexibility index (Phi) is 7.11. The second-order valence-corrected chi connectivity index (χ2v) is 10.4. The summed E-state index contributed by atoms with van der Waals surface area (Å²) in [6.07, 6.45) is 1.02. The predicted molar refractivity (Wildman–Crippen MR) is 167 cm³/mol. The highest BCUT2D eigenvalue weighted by Gasteiger charge is 2.25. The highest BCUT2D eigenvalue weighted by Crippen LogP contribution is 2.42. The topological polar surface area (TPSA) is 30.7 Å². The monoisotopic (exact) mass is 519 g/mol. The molecule has 5 aromatic carbocycles. The minimum absolute atomic E-state index is 0.317. The van der Waals surface area contributed by atoms with Gasteiger partial charge in [-0.15, -0.1) is 10.2 Å². The largest absolute Gasteiger partial charge is 0.274 e. The van der Waals surface area contributed by atoms with E-state index in [4.69, 9.17) is 10.2 Å². The van der Waals surface area contributed by atoms with Crippen molar-refractivity contribution < 1.29 is 0 Å². The first-order valence-electron chi connectivity index (χ1n) is 14.0. The Hall–Kier alpha value is -4.76. The molecular weight excluding hydrogens is 486 g/mol. The normalized spacial score (nSPS) is 11.9. The highest BCUT2D eigenvalue weighted by molar-refractivity contribution is 5.84. The van der Waals surface area contributed by atoms with Gasteiger partial charge in [-0.2, -0.15) is 0 Å². The molecule has 1 aromatic heterocycles. The van der Waals surface area contributed by atoms with Gasteiger partial charge < -0.3 is 0 Å². The Labute approximate surface area is 236 Å². The summed E-state index contributed by atoms with van der Waals surface area (Å²) in [5.41, 5.74) is 10.5. The zero-order chi connectivity index (χ0) is 27.5. The zero-order valence-electron chi connectivity index (χ0n) is 23.3. The Morgan fingerprint density at radius 1 is 0.575 bits per heavy atom. The maximum Gasteiger partial charge on any atom is 0.169 e. The number of aryl methyl sites for hydroxylation is 1. The van der Waals surface area contributed by atoms with Crippen molar-refractivity contribution in [2.24, 2.45) is 0 Å². The molecule has 1 unspecified atom stereocenters. The second-order valence-electron chi connectivity index (χ2n) is 10.4. The minimum atomic E-state index is 0.317. The van der Waals surface area contributed by atoms with E-state index in [1.165, 1.54) is 33.4 Å². The average Bonchev–Trinajstić information content (AvgIpc) is 3.46. The molecule has 3 heteroatoms. The van der Waals surface area contributed by atoms with E-state index in [0.717, 1.165) is 34.9 Å². The van der Waals surface area contributed by atoms with Crippen LogP contribution in [-0.4, -0.2) is 14.8 Å². The van der Waals surface area contributed by atoms with Crippen LogP contribution in [0.5, 0.6) is 0 Å². The lowest BCUT2D eigenvalue weighted by Gasteiger charge is -2.24. The molecule has 6 rings (SSSR count). The number of hydrogen-bond donors (Lipinski definition) is 0. The third-order valence-electron chi connectivity index (χ3n) is 7.78. The number of rotatable bonds is 7. The Morgan fingerprint density at radius 2 is 1.12 bits per heavy atom. The lowest BCUT2D eigenvalue weighted by molar-refractivity contribution is 0.727. The molecule has 1 atom stereocenters. The first-order valence-corrected chi connectivity index (χ1v) is 14.0. The molecule has 0 aliphatic rings. The molecule has 0 spiro atoms. The molecule has 0 aliphatic carbocycles. The number of nitrogens with zero attached hydrogens (tertiary/aromatic N) is 3. The quantitative estimate of drug-likeness (QED) is 0.210. The molecule has 6 aromatic rings. The van der Waals surface area contributed by atoms with Crippen molar-refractivity contribution in [2.45, 2.75) is 33.1 Å². The SMILES string of the molecule is CCC(C)c1cc(-c2ccccc2)cc(-c2ccccc2)c1-n1c(-c2ccccc2)nnc1-c1ccccc1C. The Bertz CT molecular complexity index is 1740. The average molecular weight is 520 g/mol. The van der Waals surface area contributed by atoms with Crippen LogP contribution in [0, 0.1) is 6.92 Å². The van der Waals surface area contributed by atoms with Crippen molar-refractivity contribution in [3.63, 3.8) is 0 Å². The van der Waals surface area contributed by atoms with Gasteiger partial charge in [0.15, 0.2) is 11.6 Å². The van der Waals surface area contributed by atoms with Crippen molar-refractivity contribution in [3.05, 3.63) is 139 Å². The van der Waals surface area contributed by atoms with Crippen molar-refractivity contribution in [3.8, 4) is 50.7 Å². The minimum Gasteiger partial charge on any atom is -0.274 e. The lowest BCUT2D eigenvalue weighted by atomic mass is 9.87. The van der Waals surface area contributed by atoms with E-state index in [-0.39, 0.29) is 0 Å². The lowest BCUT2D eigenvalue weighted by Crippen LogP contribution is -2.09.